The lowest BCUT2D eigenvalue weighted by molar-refractivity contribution is 0.680. The molecule has 1 heteroatoms. The van der Waals surface area contributed by atoms with E-state index < -0.39 is 8.07 Å². The van der Waals surface area contributed by atoms with Crippen LogP contribution in [0.3, 0.4) is 0 Å². The quantitative estimate of drug-likeness (QED) is 0.543. The Morgan fingerprint density at radius 3 is 2.35 bits per heavy atom. The molecule has 0 saturated carbocycles. The molecular weight excluding hydrogens is 220 g/mol. The van der Waals surface area contributed by atoms with E-state index >= 15 is 0 Å². The van der Waals surface area contributed by atoms with Crippen molar-refractivity contribution in [1.29, 1.82) is 0 Å². The Morgan fingerprint density at radius 1 is 1.06 bits per heavy atom. The van der Waals surface area contributed by atoms with E-state index in [1.54, 1.807) is 10.8 Å². The lowest BCUT2D eigenvalue weighted by Gasteiger charge is -2.33. The number of hydrogen-bond donors (Lipinski definition) is 0. The third kappa shape index (κ3) is 2.71. The van der Waals surface area contributed by atoms with Gasteiger partial charge < -0.3 is 0 Å². The Bertz CT molecular complexity index is 389. The summed E-state index contributed by atoms with van der Waals surface area (Å²) in [4.78, 5) is 0. The highest BCUT2D eigenvalue weighted by Gasteiger charge is 2.32. The highest BCUT2D eigenvalue weighted by molar-refractivity contribution is 6.91. The van der Waals surface area contributed by atoms with Crippen LogP contribution in [-0.2, 0) is 0 Å². The lowest BCUT2D eigenvalue weighted by Crippen LogP contribution is -2.45. The van der Waals surface area contributed by atoms with Crippen LogP contribution in [0.25, 0.3) is 0 Å². The topological polar surface area (TPSA) is 0 Å². The molecule has 0 bridgehead atoms. The second-order valence-electron chi connectivity index (χ2n) is 5.83. The van der Waals surface area contributed by atoms with Gasteiger partial charge >= 0.3 is 0 Å². The summed E-state index contributed by atoms with van der Waals surface area (Å²) in [6, 6.07) is 11.1. The standard InChI is InChI=1S/C16H24Si/c1-14(15-10-6-4-7-11-15)17(2,3)16-12-8-5-9-13-16/h5,8-10,12-14H,4,6-7,11H2,1-3H3. The van der Waals surface area contributed by atoms with Crippen molar-refractivity contribution < 1.29 is 0 Å². The maximum absolute atomic E-state index is 2.52. The fourth-order valence-electron chi connectivity index (χ4n) is 2.84. The molecule has 2 rings (SSSR count). The first kappa shape index (κ1) is 12.6. The van der Waals surface area contributed by atoms with E-state index in [-0.39, 0.29) is 0 Å². The van der Waals surface area contributed by atoms with E-state index in [2.05, 4.69) is 56.4 Å². The van der Waals surface area contributed by atoms with E-state index in [0.717, 1.165) is 5.54 Å². The number of rotatable bonds is 3. The molecule has 0 saturated heterocycles. The van der Waals surface area contributed by atoms with Crippen molar-refractivity contribution in [3.63, 3.8) is 0 Å². The zero-order valence-electron chi connectivity index (χ0n) is 11.4. The van der Waals surface area contributed by atoms with Crippen LogP contribution in [0.15, 0.2) is 42.0 Å². The van der Waals surface area contributed by atoms with Crippen LogP contribution in [-0.4, -0.2) is 8.07 Å². The van der Waals surface area contributed by atoms with Gasteiger partial charge in [0.15, 0.2) is 0 Å². The normalized spacial score (nSPS) is 18.6. The van der Waals surface area contributed by atoms with E-state index in [1.807, 2.05) is 0 Å². The third-order valence-electron chi connectivity index (χ3n) is 4.48. The van der Waals surface area contributed by atoms with Crippen molar-refractivity contribution in [2.45, 2.75) is 51.2 Å². The summed E-state index contributed by atoms with van der Waals surface area (Å²) in [6.45, 7) is 7.49. The van der Waals surface area contributed by atoms with Gasteiger partial charge in [0, 0.05) is 0 Å². The Hall–Kier alpha value is -0.823. The first-order valence-corrected chi connectivity index (χ1v) is 9.94. The largest absolute Gasteiger partial charge is 0.0873 e. The Morgan fingerprint density at radius 2 is 1.76 bits per heavy atom. The Balaban J connectivity index is 2.23. The van der Waals surface area contributed by atoms with Crippen molar-refractivity contribution >= 4 is 13.3 Å². The zero-order valence-corrected chi connectivity index (χ0v) is 12.4. The molecule has 0 fully saturated rings. The maximum Gasteiger partial charge on any atom is 0.0873 e. The Kier molecular flexibility index (Phi) is 3.88. The Labute approximate surface area is 107 Å². The summed E-state index contributed by atoms with van der Waals surface area (Å²) in [7, 11) is -1.34. The minimum absolute atomic E-state index is 0.783. The molecular formula is C16H24Si. The van der Waals surface area contributed by atoms with E-state index in [0.29, 0.717) is 0 Å². The van der Waals surface area contributed by atoms with Crippen LogP contribution in [0.1, 0.15) is 32.6 Å². The summed E-state index contributed by atoms with van der Waals surface area (Å²) in [5.41, 5.74) is 2.52. The molecule has 0 radical (unpaired) electrons. The van der Waals surface area contributed by atoms with Crippen molar-refractivity contribution in [2.75, 3.05) is 0 Å². The van der Waals surface area contributed by atoms with Crippen LogP contribution in [0.2, 0.25) is 18.6 Å². The highest BCUT2D eigenvalue weighted by atomic mass is 28.3. The molecule has 0 aromatic heterocycles. The summed E-state index contributed by atoms with van der Waals surface area (Å²) in [5, 5.41) is 1.60. The van der Waals surface area contributed by atoms with E-state index in [4.69, 9.17) is 0 Å². The average Bonchev–Trinajstić information content (AvgIpc) is 2.40. The monoisotopic (exact) mass is 244 g/mol. The van der Waals surface area contributed by atoms with Crippen LogP contribution < -0.4 is 5.19 Å². The summed E-state index contributed by atoms with van der Waals surface area (Å²) in [6.07, 6.45) is 7.95. The molecule has 0 aliphatic heterocycles. The van der Waals surface area contributed by atoms with Gasteiger partial charge in [-0.2, -0.15) is 0 Å². The molecule has 0 nitrogen and oxygen atoms in total. The molecule has 17 heavy (non-hydrogen) atoms. The average molecular weight is 244 g/mol. The summed E-state index contributed by atoms with van der Waals surface area (Å²) in [5.74, 6) is 0. The van der Waals surface area contributed by atoms with Gasteiger partial charge in [-0.1, -0.05) is 67.2 Å². The van der Waals surface area contributed by atoms with Crippen molar-refractivity contribution in [2.24, 2.45) is 0 Å². The minimum atomic E-state index is -1.34. The van der Waals surface area contributed by atoms with E-state index in [9.17, 15) is 0 Å². The van der Waals surface area contributed by atoms with Crippen LogP contribution in [0.4, 0.5) is 0 Å². The molecule has 0 spiro atoms. The fraction of sp³-hybridized carbons (Fsp3) is 0.500. The number of allylic oxidation sites excluding steroid dienone is 2. The van der Waals surface area contributed by atoms with Crippen molar-refractivity contribution in [1.82, 2.24) is 0 Å². The number of hydrogen-bond acceptors (Lipinski definition) is 0. The first-order valence-electron chi connectivity index (χ1n) is 6.87. The van der Waals surface area contributed by atoms with Gasteiger partial charge in [0.1, 0.15) is 0 Å². The van der Waals surface area contributed by atoms with Gasteiger partial charge in [0.2, 0.25) is 0 Å². The molecule has 92 valence electrons. The minimum Gasteiger partial charge on any atom is -0.0853 e. The summed E-state index contributed by atoms with van der Waals surface area (Å²) < 4.78 is 0. The third-order valence-corrected chi connectivity index (χ3v) is 8.84. The first-order chi connectivity index (χ1) is 8.12. The number of benzene rings is 1. The van der Waals surface area contributed by atoms with Crippen LogP contribution >= 0.6 is 0 Å². The van der Waals surface area contributed by atoms with Crippen molar-refractivity contribution in [3.8, 4) is 0 Å². The molecule has 1 aliphatic rings. The van der Waals surface area contributed by atoms with Crippen LogP contribution in [0.5, 0.6) is 0 Å². The van der Waals surface area contributed by atoms with Gasteiger partial charge in [-0.15, -0.1) is 0 Å². The van der Waals surface area contributed by atoms with Gasteiger partial charge in [-0.3, -0.25) is 0 Å². The highest BCUT2D eigenvalue weighted by Crippen LogP contribution is 2.34. The second-order valence-corrected chi connectivity index (χ2v) is 10.7. The predicted molar refractivity (Wildman–Crippen MR) is 79.5 cm³/mol. The van der Waals surface area contributed by atoms with Gasteiger partial charge in [-0.25, -0.2) is 0 Å². The summed E-state index contributed by atoms with van der Waals surface area (Å²) >= 11 is 0. The molecule has 1 unspecified atom stereocenters. The van der Waals surface area contributed by atoms with E-state index in [1.165, 1.54) is 25.7 Å². The lowest BCUT2D eigenvalue weighted by atomic mass is 9.97. The van der Waals surface area contributed by atoms with Gasteiger partial charge in [-0.05, 0) is 31.2 Å². The van der Waals surface area contributed by atoms with Crippen LogP contribution in [0, 0.1) is 0 Å². The van der Waals surface area contributed by atoms with Gasteiger partial charge in [0.05, 0.1) is 8.07 Å². The zero-order chi connectivity index (χ0) is 12.3. The smallest absolute Gasteiger partial charge is 0.0853 e. The van der Waals surface area contributed by atoms with Crippen molar-refractivity contribution in [3.05, 3.63) is 42.0 Å². The molecule has 1 aromatic carbocycles. The molecule has 0 heterocycles. The molecule has 1 atom stereocenters. The second kappa shape index (κ2) is 5.22. The fourth-order valence-corrected chi connectivity index (χ4v) is 5.58. The predicted octanol–water partition coefficient (Wildman–Crippen LogP) is 4.49. The molecule has 0 N–H and O–H groups in total. The molecule has 0 amide bonds. The SMILES string of the molecule is CC(C1=CCCCC1)[Si](C)(C)c1ccccc1. The van der Waals surface area contributed by atoms with Gasteiger partial charge in [0.25, 0.3) is 0 Å². The maximum atomic E-state index is 2.52. The molecule has 1 aromatic rings. The molecule has 1 aliphatic carbocycles.